The fourth-order valence-corrected chi connectivity index (χ4v) is 3.27. The summed E-state index contributed by atoms with van der Waals surface area (Å²) in [5.74, 6) is 0.0455. The average Bonchev–Trinajstić information content (AvgIpc) is 2.61. The molecule has 96 valence electrons. The van der Waals surface area contributed by atoms with E-state index in [1.807, 2.05) is 0 Å². The van der Waals surface area contributed by atoms with Gasteiger partial charge in [-0.15, -0.1) is 12.6 Å². The molecule has 5 nitrogen and oxygen atoms in total. The Bertz CT molecular complexity index is 682. The number of rotatable bonds is 3. The monoisotopic (exact) mass is 348 g/mol. The summed E-state index contributed by atoms with van der Waals surface area (Å²) in [5.41, 5.74) is 0.562. The molecule has 0 saturated heterocycles. The van der Waals surface area contributed by atoms with Gasteiger partial charge in [-0.25, -0.2) is 13.1 Å². The molecule has 0 bridgehead atoms. The number of thiol groups is 1. The minimum Gasteiger partial charge on any atom is -0.336 e. The Labute approximate surface area is 118 Å². The highest BCUT2D eigenvalue weighted by molar-refractivity contribution is 9.10. The molecule has 0 aliphatic heterocycles. The first-order chi connectivity index (χ1) is 8.42. The number of hydrogen-bond acceptors (Lipinski definition) is 5. The molecule has 0 aliphatic carbocycles. The molecule has 0 atom stereocenters. The van der Waals surface area contributed by atoms with Gasteiger partial charge in [-0.05, 0) is 35.0 Å². The number of aromatic nitrogens is 1. The summed E-state index contributed by atoms with van der Waals surface area (Å²) in [4.78, 5) is 0.437. The van der Waals surface area contributed by atoms with Gasteiger partial charge in [0.05, 0.1) is 5.69 Å². The van der Waals surface area contributed by atoms with E-state index in [2.05, 4.69) is 38.4 Å². The molecule has 18 heavy (non-hydrogen) atoms. The van der Waals surface area contributed by atoms with E-state index in [0.29, 0.717) is 15.1 Å². The zero-order valence-electron chi connectivity index (χ0n) is 9.21. The summed E-state index contributed by atoms with van der Waals surface area (Å²) >= 11 is 7.30. The highest BCUT2D eigenvalue weighted by atomic mass is 79.9. The maximum Gasteiger partial charge on any atom is 0.265 e. The molecule has 2 aromatic rings. The van der Waals surface area contributed by atoms with E-state index in [0.717, 1.165) is 0 Å². The van der Waals surface area contributed by atoms with Crippen molar-refractivity contribution < 1.29 is 12.9 Å². The molecule has 1 aromatic carbocycles. The molecule has 1 heterocycles. The van der Waals surface area contributed by atoms with Crippen LogP contribution in [0.3, 0.4) is 0 Å². The van der Waals surface area contributed by atoms with Crippen molar-refractivity contribution in [2.45, 2.75) is 16.7 Å². The van der Waals surface area contributed by atoms with Gasteiger partial charge in [0.2, 0.25) is 0 Å². The smallest absolute Gasteiger partial charge is 0.265 e. The van der Waals surface area contributed by atoms with Gasteiger partial charge in [-0.3, -0.25) is 0 Å². The van der Waals surface area contributed by atoms with Crippen LogP contribution in [0, 0.1) is 6.92 Å². The standard InChI is InChI=1S/C10H9BrN2O3S2/c1-6-9(11)10(16-12-6)13-18(14,15)8-5-3-2-4-7(8)17/h2-5,13,17H,1H3. The Hall–Kier alpha value is -0.990. The quantitative estimate of drug-likeness (QED) is 0.836. The average molecular weight is 349 g/mol. The number of sulfonamides is 1. The third-order valence-corrected chi connectivity index (χ3v) is 5.04. The van der Waals surface area contributed by atoms with Gasteiger partial charge in [0, 0.05) is 4.90 Å². The van der Waals surface area contributed by atoms with Gasteiger partial charge in [0.15, 0.2) is 0 Å². The Morgan fingerprint density at radius 3 is 2.61 bits per heavy atom. The van der Waals surface area contributed by atoms with Gasteiger partial charge < -0.3 is 4.52 Å². The molecule has 0 saturated carbocycles. The number of anilines is 1. The maximum absolute atomic E-state index is 12.1. The van der Waals surface area contributed by atoms with Gasteiger partial charge in [-0.2, -0.15) is 0 Å². The fourth-order valence-electron chi connectivity index (χ4n) is 1.28. The number of halogens is 1. The highest BCUT2D eigenvalue weighted by Crippen LogP contribution is 2.29. The molecule has 0 amide bonds. The topological polar surface area (TPSA) is 72.2 Å². The van der Waals surface area contributed by atoms with Crippen molar-refractivity contribution >= 4 is 44.5 Å². The van der Waals surface area contributed by atoms with E-state index in [1.165, 1.54) is 6.07 Å². The number of aryl methyl sites for hydroxylation is 1. The predicted octanol–water partition coefficient (Wildman–Crippen LogP) is 2.84. The third kappa shape index (κ3) is 2.55. The van der Waals surface area contributed by atoms with Crippen LogP contribution in [-0.2, 0) is 10.0 Å². The van der Waals surface area contributed by atoms with Crippen LogP contribution in [0.4, 0.5) is 5.88 Å². The molecule has 2 rings (SSSR count). The number of nitrogens with zero attached hydrogens (tertiary/aromatic N) is 1. The second kappa shape index (κ2) is 4.94. The zero-order chi connectivity index (χ0) is 13.3. The molecular weight excluding hydrogens is 340 g/mol. The molecule has 1 N–H and O–H groups in total. The van der Waals surface area contributed by atoms with Crippen molar-refractivity contribution in [1.29, 1.82) is 0 Å². The lowest BCUT2D eigenvalue weighted by Gasteiger charge is -2.07. The fraction of sp³-hybridized carbons (Fsp3) is 0.100. The van der Waals surface area contributed by atoms with Crippen LogP contribution >= 0.6 is 28.6 Å². The number of hydrogen-bond donors (Lipinski definition) is 2. The van der Waals surface area contributed by atoms with E-state index in [9.17, 15) is 8.42 Å². The predicted molar refractivity (Wildman–Crippen MR) is 73.4 cm³/mol. The lowest BCUT2D eigenvalue weighted by molar-refractivity contribution is 0.430. The highest BCUT2D eigenvalue weighted by Gasteiger charge is 2.21. The molecule has 0 radical (unpaired) electrons. The Morgan fingerprint density at radius 1 is 1.39 bits per heavy atom. The number of nitrogens with one attached hydrogen (secondary N) is 1. The van der Waals surface area contributed by atoms with E-state index < -0.39 is 10.0 Å². The van der Waals surface area contributed by atoms with Gasteiger partial charge in [0.25, 0.3) is 15.9 Å². The third-order valence-electron chi connectivity index (χ3n) is 2.17. The summed E-state index contributed by atoms with van der Waals surface area (Å²) in [5, 5.41) is 3.65. The lowest BCUT2D eigenvalue weighted by Crippen LogP contribution is -2.13. The maximum atomic E-state index is 12.1. The first-order valence-electron chi connectivity index (χ1n) is 4.84. The Kier molecular flexibility index (Phi) is 3.69. The summed E-state index contributed by atoms with van der Waals surface area (Å²) < 4.78 is 31.9. The summed E-state index contributed by atoms with van der Waals surface area (Å²) in [6, 6.07) is 6.38. The van der Waals surface area contributed by atoms with Crippen molar-refractivity contribution in [3.8, 4) is 0 Å². The molecule has 1 aromatic heterocycles. The van der Waals surface area contributed by atoms with Crippen LogP contribution in [0.1, 0.15) is 5.69 Å². The van der Waals surface area contributed by atoms with Crippen molar-refractivity contribution in [3.05, 3.63) is 34.4 Å². The molecule has 0 aliphatic rings. The molecular formula is C10H9BrN2O3S2. The van der Waals surface area contributed by atoms with E-state index in [-0.39, 0.29) is 10.8 Å². The van der Waals surface area contributed by atoms with E-state index in [1.54, 1.807) is 25.1 Å². The van der Waals surface area contributed by atoms with Crippen LogP contribution in [-0.4, -0.2) is 13.6 Å². The largest absolute Gasteiger partial charge is 0.336 e. The van der Waals surface area contributed by atoms with Gasteiger partial charge >= 0.3 is 0 Å². The van der Waals surface area contributed by atoms with Crippen LogP contribution < -0.4 is 4.72 Å². The van der Waals surface area contributed by atoms with E-state index in [4.69, 9.17) is 4.52 Å². The summed E-state index contributed by atoms with van der Waals surface area (Å²) in [7, 11) is -3.74. The second-order valence-corrected chi connectivity index (χ2v) is 6.41. The summed E-state index contributed by atoms with van der Waals surface area (Å²) in [6.45, 7) is 1.69. The van der Waals surface area contributed by atoms with Crippen LogP contribution in [0.25, 0.3) is 0 Å². The Balaban J connectivity index is 2.40. The van der Waals surface area contributed by atoms with Crippen LogP contribution in [0.15, 0.2) is 43.1 Å². The van der Waals surface area contributed by atoms with Crippen molar-refractivity contribution in [1.82, 2.24) is 5.16 Å². The van der Waals surface area contributed by atoms with Gasteiger partial charge in [-0.1, -0.05) is 17.3 Å². The molecule has 0 spiro atoms. The normalized spacial score (nSPS) is 11.5. The molecule has 0 unspecified atom stereocenters. The summed E-state index contributed by atoms with van der Waals surface area (Å²) in [6.07, 6.45) is 0. The van der Waals surface area contributed by atoms with Crippen molar-refractivity contribution in [2.24, 2.45) is 0 Å². The van der Waals surface area contributed by atoms with E-state index >= 15 is 0 Å². The zero-order valence-corrected chi connectivity index (χ0v) is 12.5. The SMILES string of the molecule is Cc1noc(NS(=O)(=O)c2ccccc2S)c1Br. The van der Waals surface area contributed by atoms with Crippen LogP contribution in [0.5, 0.6) is 0 Å². The molecule has 0 fully saturated rings. The lowest BCUT2D eigenvalue weighted by atomic mass is 10.4. The van der Waals surface area contributed by atoms with Crippen molar-refractivity contribution in [3.63, 3.8) is 0 Å². The first-order valence-corrected chi connectivity index (χ1v) is 7.57. The van der Waals surface area contributed by atoms with Crippen LogP contribution in [0.2, 0.25) is 0 Å². The molecule has 8 heteroatoms. The Morgan fingerprint density at radius 2 is 2.06 bits per heavy atom. The second-order valence-electron chi connectivity index (χ2n) is 3.48. The minimum atomic E-state index is -3.74. The minimum absolute atomic E-state index is 0.0455. The van der Waals surface area contributed by atoms with Gasteiger partial charge in [0.1, 0.15) is 9.37 Å². The van der Waals surface area contributed by atoms with Crippen molar-refractivity contribution in [2.75, 3.05) is 4.72 Å². The first kappa shape index (κ1) is 13.4. The number of benzene rings is 1.